The van der Waals surface area contributed by atoms with Crippen molar-refractivity contribution in [3.63, 3.8) is 0 Å². The van der Waals surface area contributed by atoms with Gasteiger partial charge in [-0.25, -0.2) is 4.39 Å². The zero-order valence-corrected chi connectivity index (χ0v) is 19.4. The molecular weight excluding hydrogens is 435 g/mol. The minimum atomic E-state index is -0.405. The van der Waals surface area contributed by atoms with E-state index < -0.39 is 5.56 Å². The third-order valence-electron chi connectivity index (χ3n) is 5.61. The number of benzene rings is 2. The number of nitrogens with one attached hydrogen (secondary N) is 1. The molecule has 1 N–H and O–H groups in total. The van der Waals surface area contributed by atoms with E-state index >= 15 is 0 Å². The van der Waals surface area contributed by atoms with Crippen molar-refractivity contribution in [2.24, 2.45) is 0 Å². The zero-order valence-electron chi connectivity index (χ0n) is 19.4. The molecule has 0 saturated carbocycles. The molecule has 0 radical (unpaired) electrons. The van der Waals surface area contributed by atoms with Gasteiger partial charge in [-0.2, -0.15) is 4.98 Å². The topological polar surface area (TPSA) is 90.0 Å². The predicted molar refractivity (Wildman–Crippen MR) is 128 cm³/mol. The summed E-state index contributed by atoms with van der Waals surface area (Å²) >= 11 is 0. The van der Waals surface area contributed by atoms with Gasteiger partial charge in [-0.05, 0) is 73.4 Å². The highest BCUT2D eigenvalue weighted by Crippen LogP contribution is 2.23. The SMILES string of the molecule is Cc1cc(C)n(CC(=O)Nc2ccc(C(C)C)cc2)c(=O)c1-c1nc(-c2ccc(F)cc2)no1. The molecule has 2 aromatic heterocycles. The molecule has 2 heterocycles. The van der Waals surface area contributed by atoms with Crippen LogP contribution in [0.4, 0.5) is 10.1 Å². The highest BCUT2D eigenvalue weighted by molar-refractivity contribution is 5.90. The number of aryl methyl sites for hydroxylation is 2. The minimum absolute atomic E-state index is 0.0419. The fourth-order valence-electron chi connectivity index (χ4n) is 3.72. The van der Waals surface area contributed by atoms with Crippen molar-refractivity contribution in [1.29, 1.82) is 0 Å². The maximum atomic E-state index is 13.3. The highest BCUT2D eigenvalue weighted by Gasteiger charge is 2.20. The first-order chi connectivity index (χ1) is 16.2. The average Bonchev–Trinajstić information content (AvgIpc) is 3.27. The summed E-state index contributed by atoms with van der Waals surface area (Å²) in [6.07, 6.45) is 0. The van der Waals surface area contributed by atoms with Gasteiger partial charge in [0.15, 0.2) is 0 Å². The summed E-state index contributed by atoms with van der Waals surface area (Å²) in [7, 11) is 0. The second-order valence-electron chi connectivity index (χ2n) is 8.49. The van der Waals surface area contributed by atoms with Crippen molar-refractivity contribution in [2.45, 2.75) is 40.2 Å². The van der Waals surface area contributed by atoms with Crippen LogP contribution < -0.4 is 10.9 Å². The molecular formula is C26H25FN4O3. The maximum absolute atomic E-state index is 13.3. The molecule has 0 aliphatic heterocycles. The molecule has 0 bridgehead atoms. The van der Waals surface area contributed by atoms with Gasteiger partial charge in [0.05, 0.1) is 0 Å². The molecule has 0 spiro atoms. The van der Waals surface area contributed by atoms with Crippen molar-refractivity contribution >= 4 is 11.6 Å². The number of halogens is 1. The van der Waals surface area contributed by atoms with Crippen molar-refractivity contribution in [2.75, 3.05) is 5.32 Å². The normalized spacial score (nSPS) is 11.1. The van der Waals surface area contributed by atoms with E-state index in [9.17, 15) is 14.0 Å². The molecule has 4 aromatic rings. The van der Waals surface area contributed by atoms with E-state index in [1.807, 2.05) is 24.3 Å². The van der Waals surface area contributed by atoms with Crippen LogP contribution in [0.15, 0.2) is 63.9 Å². The summed E-state index contributed by atoms with van der Waals surface area (Å²) in [6.45, 7) is 7.57. The van der Waals surface area contributed by atoms with Crippen LogP contribution in [0.5, 0.6) is 0 Å². The maximum Gasteiger partial charge on any atom is 0.264 e. The smallest absolute Gasteiger partial charge is 0.264 e. The molecule has 8 heteroatoms. The first-order valence-corrected chi connectivity index (χ1v) is 10.9. The van der Waals surface area contributed by atoms with E-state index in [2.05, 4.69) is 29.3 Å². The Hall–Kier alpha value is -4.07. The number of hydrogen-bond donors (Lipinski definition) is 1. The fourth-order valence-corrected chi connectivity index (χ4v) is 3.72. The lowest BCUT2D eigenvalue weighted by Gasteiger charge is -2.13. The van der Waals surface area contributed by atoms with Gasteiger partial charge >= 0.3 is 0 Å². The molecule has 0 fully saturated rings. The molecule has 0 aliphatic rings. The van der Waals surface area contributed by atoms with Gasteiger partial charge in [-0.1, -0.05) is 31.1 Å². The Morgan fingerprint density at radius 2 is 1.76 bits per heavy atom. The van der Waals surface area contributed by atoms with Crippen LogP contribution in [-0.2, 0) is 11.3 Å². The first kappa shape index (κ1) is 23.1. The molecule has 0 aliphatic carbocycles. The monoisotopic (exact) mass is 460 g/mol. The Morgan fingerprint density at radius 1 is 1.09 bits per heavy atom. The lowest BCUT2D eigenvalue weighted by Crippen LogP contribution is -2.30. The molecule has 174 valence electrons. The molecule has 0 unspecified atom stereocenters. The van der Waals surface area contributed by atoms with Gasteiger partial charge < -0.3 is 14.4 Å². The second-order valence-corrected chi connectivity index (χ2v) is 8.49. The molecule has 1 amide bonds. The van der Waals surface area contributed by atoms with Crippen molar-refractivity contribution in [1.82, 2.24) is 14.7 Å². The summed E-state index contributed by atoms with van der Waals surface area (Å²) < 4.78 is 19.9. The quantitative estimate of drug-likeness (QED) is 0.433. The second kappa shape index (κ2) is 9.43. The average molecular weight is 461 g/mol. The lowest BCUT2D eigenvalue weighted by molar-refractivity contribution is -0.116. The van der Waals surface area contributed by atoms with Gasteiger partial charge in [0.25, 0.3) is 11.4 Å². The van der Waals surface area contributed by atoms with Gasteiger partial charge in [0, 0.05) is 16.9 Å². The summed E-state index contributed by atoms with van der Waals surface area (Å²) in [5, 5.41) is 6.76. The molecule has 0 saturated heterocycles. The molecule has 0 atom stereocenters. The fraction of sp³-hybridized carbons (Fsp3) is 0.231. The van der Waals surface area contributed by atoms with E-state index in [-0.39, 0.29) is 35.5 Å². The van der Waals surface area contributed by atoms with Gasteiger partial charge in [-0.15, -0.1) is 0 Å². The Balaban J connectivity index is 1.60. The third kappa shape index (κ3) is 4.80. The van der Waals surface area contributed by atoms with Crippen LogP contribution in [0.25, 0.3) is 22.8 Å². The molecule has 4 rings (SSSR count). The number of anilines is 1. The Labute approximate surface area is 196 Å². The molecule has 34 heavy (non-hydrogen) atoms. The van der Waals surface area contributed by atoms with Crippen LogP contribution in [0.3, 0.4) is 0 Å². The number of carbonyl (C=O) groups excluding carboxylic acids is 1. The van der Waals surface area contributed by atoms with E-state index in [0.29, 0.717) is 28.4 Å². The van der Waals surface area contributed by atoms with Gasteiger partial charge in [0.2, 0.25) is 11.7 Å². The molecule has 7 nitrogen and oxygen atoms in total. The van der Waals surface area contributed by atoms with Gasteiger partial charge in [-0.3, -0.25) is 9.59 Å². The van der Waals surface area contributed by atoms with Gasteiger partial charge in [0.1, 0.15) is 17.9 Å². The largest absolute Gasteiger partial charge is 0.333 e. The summed E-state index contributed by atoms with van der Waals surface area (Å²) in [4.78, 5) is 30.3. The van der Waals surface area contributed by atoms with Crippen LogP contribution in [0.1, 0.15) is 36.6 Å². The minimum Gasteiger partial charge on any atom is -0.333 e. The Bertz CT molecular complexity index is 1390. The zero-order chi connectivity index (χ0) is 24.4. The Morgan fingerprint density at radius 3 is 2.41 bits per heavy atom. The number of carbonyl (C=O) groups is 1. The standard InChI is InChI=1S/C26H25FN4O3/c1-15(2)18-7-11-21(12-8-18)28-22(32)14-31-17(4)13-16(3)23(26(31)33)25-29-24(30-34-25)19-5-9-20(27)10-6-19/h5-13,15H,14H2,1-4H3,(H,28,32). The highest BCUT2D eigenvalue weighted by atomic mass is 19.1. The summed E-state index contributed by atoms with van der Waals surface area (Å²) in [6, 6.07) is 15.1. The molecule has 2 aromatic carbocycles. The lowest BCUT2D eigenvalue weighted by atomic mass is 10.0. The van der Waals surface area contributed by atoms with E-state index in [1.165, 1.54) is 34.4 Å². The van der Waals surface area contributed by atoms with Crippen LogP contribution in [0, 0.1) is 19.7 Å². The third-order valence-corrected chi connectivity index (χ3v) is 5.61. The number of aromatic nitrogens is 3. The van der Waals surface area contributed by atoms with Crippen LogP contribution >= 0.6 is 0 Å². The van der Waals surface area contributed by atoms with E-state index in [1.54, 1.807) is 19.9 Å². The van der Waals surface area contributed by atoms with Crippen LogP contribution in [-0.4, -0.2) is 20.6 Å². The Kier molecular flexibility index (Phi) is 6.40. The summed E-state index contributed by atoms with van der Waals surface area (Å²) in [5.74, 6) is -0.0253. The van der Waals surface area contributed by atoms with Crippen LogP contribution in [0.2, 0.25) is 0 Å². The van der Waals surface area contributed by atoms with E-state index in [4.69, 9.17) is 4.52 Å². The number of rotatable bonds is 6. The number of nitrogens with zero attached hydrogens (tertiary/aromatic N) is 3. The predicted octanol–water partition coefficient (Wildman–Crippen LogP) is 5.08. The first-order valence-electron chi connectivity index (χ1n) is 10.9. The number of pyridine rings is 1. The van der Waals surface area contributed by atoms with Crippen molar-refractivity contribution < 1.29 is 13.7 Å². The summed E-state index contributed by atoms with van der Waals surface area (Å²) in [5.41, 5.74) is 3.50. The number of amides is 1. The van der Waals surface area contributed by atoms with Crippen molar-refractivity contribution in [3.8, 4) is 22.8 Å². The number of hydrogen-bond acceptors (Lipinski definition) is 5. The van der Waals surface area contributed by atoms with Crippen molar-refractivity contribution in [3.05, 3.63) is 87.6 Å². The van der Waals surface area contributed by atoms with E-state index in [0.717, 1.165) is 0 Å².